The number of nitrogens with zero attached hydrogens (tertiary/aromatic N) is 2. The molecule has 0 aliphatic carbocycles. The number of nitrogens with one attached hydrogen (secondary N) is 2. The van der Waals surface area contributed by atoms with Gasteiger partial charge in [0.1, 0.15) is 12.4 Å². The first kappa shape index (κ1) is 28.7. The summed E-state index contributed by atoms with van der Waals surface area (Å²) >= 11 is 0. The van der Waals surface area contributed by atoms with Gasteiger partial charge in [0, 0.05) is 52.1 Å². The Hall–Kier alpha value is -2.53. The smallest absolute Gasteiger partial charge is 0.390 e. The molecule has 198 valence electrons. The molecule has 0 radical (unpaired) electrons. The zero-order valence-corrected chi connectivity index (χ0v) is 21.1. The van der Waals surface area contributed by atoms with Gasteiger partial charge in [0.25, 0.3) is 5.91 Å². The van der Waals surface area contributed by atoms with Gasteiger partial charge in [-0.25, -0.2) is 4.79 Å². The Balaban J connectivity index is 2.35. The van der Waals surface area contributed by atoms with Gasteiger partial charge in [-0.05, 0) is 37.5 Å². The summed E-state index contributed by atoms with van der Waals surface area (Å²) in [6.45, 7) is 6.70. The number of ether oxygens (including phenoxy) is 2. The summed E-state index contributed by atoms with van der Waals surface area (Å²) in [5.41, 5.74) is 0.671. The van der Waals surface area contributed by atoms with Crippen LogP contribution >= 0.6 is 0 Å². The molecule has 0 fully saturated rings. The number of anilines is 1. The number of urea groups is 1. The minimum Gasteiger partial charge on any atom is -0.491 e. The number of rotatable bonds is 6. The first-order valence-electron chi connectivity index (χ1n) is 11.9. The van der Waals surface area contributed by atoms with Crippen LogP contribution in [0.1, 0.15) is 44.0 Å². The standard InChI is InChI=1S/C24H37F3N4O4/c1-6-10-28-23(33)29-18-7-8-20-19(12-18)22(32)30(4)14-21(34-5)16(2)13-31(17(3)15-35-20)11-9-24(25,26)27/h7-8,12,16-17,21H,6,9-11,13-15H2,1-5H3,(H2,28,29,33)/t16-,17-,21+/m1/s1. The van der Waals surface area contributed by atoms with Crippen LogP contribution in [0.5, 0.6) is 5.75 Å². The van der Waals surface area contributed by atoms with Crippen molar-refractivity contribution in [1.82, 2.24) is 15.1 Å². The lowest BCUT2D eigenvalue weighted by Gasteiger charge is -2.36. The average molecular weight is 503 g/mol. The summed E-state index contributed by atoms with van der Waals surface area (Å²) in [6, 6.07) is 4.03. The second-order valence-electron chi connectivity index (χ2n) is 9.05. The zero-order valence-electron chi connectivity index (χ0n) is 21.1. The van der Waals surface area contributed by atoms with Crippen molar-refractivity contribution in [3.05, 3.63) is 23.8 Å². The maximum atomic E-state index is 13.3. The second-order valence-corrected chi connectivity index (χ2v) is 9.05. The van der Waals surface area contributed by atoms with Crippen molar-refractivity contribution in [2.45, 2.75) is 51.9 Å². The lowest BCUT2D eigenvalue weighted by Crippen LogP contribution is -2.47. The summed E-state index contributed by atoms with van der Waals surface area (Å²) in [5.74, 6) is -0.152. The van der Waals surface area contributed by atoms with E-state index in [1.54, 1.807) is 37.1 Å². The molecular weight excluding hydrogens is 465 g/mol. The monoisotopic (exact) mass is 502 g/mol. The lowest BCUT2D eigenvalue weighted by molar-refractivity contribution is -0.140. The van der Waals surface area contributed by atoms with Crippen molar-refractivity contribution in [1.29, 1.82) is 0 Å². The zero-order chi connectivity index (χ0) is 26.2. The van der Waals surface area contributed by atoms with E-state index in [0.717, 1.165) is 6.42 Å². The van der Waals surface area contributed by atoms with Gasteiger partial charge >= 0.3 is 12.2 Å². The van der Waals surface area contributed by atoms with Crippen molar-refractivity contribution in [3.63, 3.8) is 0 Å². The normalized spacial score (nSPS) is 22.5. The largest absolute Gasteiger partial charge is 0.491 e. The Morgan fingerprint density at radius 2 is 1.97 bits per heavy atom. The van der Waals surface area contributed by atoms with Crippen LogP contribution in [0.4, 0.5) is 23.7 Å². The number of amides is 3. The van der Waals surface area contributed by atoms with E-state index in [9.17, 15) is 22.8 Å². The molecule has 0 saturated heterocycles. The first-order valence-corrected chi connectivity index (χ1v) is 11.9. The van der Waals surface area contributed by atoms with E-state index in [2.05, 4.69) is 10.6 Å². The number of hydrogen-bond donors (Lipinski definition) is 2. The maximum Gasteiger partial charge on any atom is 0.390 e. The Bertz CT molecular complexity index is 853. The fourth-order valence-corrected chi connectivity index (χ4v) is 3.93. The Kier molecular flexibility index (Phi) is 10.6. The third-order valence-corrected chi connectivity index (χ3v) is 6.05. The van der Waals surface area contributed by atoms with Crippen LogP contribution in [0.25, 0.3) is 0 Å². The van der Waals surface area contributed by atoms with Crippen molar-refractivity contribution < 1.29 is 32.2 Å². The summed E-state index contributed by atoms with van der Waals surface area (Å²) < 4.78 is 50.4. The van der Waals surface area contributed by atoms with Gasteiger partial charge in [0.15, 0.2) is 0 Å². The molecule has 1 aromatic rings. The third-order valence-electron chi connectivity index (χ3n) is 6.05. The summed E-state index contributed by atoms with van der Waals surface area (Å²) in [7, 11) is 3.16. The van der Waals surface area contributed by atoms with E-state index in [1.807, 2.05) is 13.8 Å². The third kappa shape index (κ3) is 8.88. The maximum absolute atomic E-state index is 13.3. The number of likely N-dealkylation sites (N-methyl/N-ethyl adjacent to an activating group) is 1. The fraction of sp³-hybridized carbons (Fsp3) is 0.667. The van der Waals surface area contributed by atoms with Gasteiger partial charge in [-0.15, -0.1) is 0 Å². The Morgan fingerprint density at radius 1 is 1.26 bits per heavy atom. The highest BCUT2D eigenvalue weighted by molar-refractivity contribution is 5.99. The lowest BCUT2D eigenvalue weighted by atomic mass is 10.0. The van der Waals surface area contributed by atoms with E-state index in [4.69, 9.17) is 9.47 Å². The summed E-state index contributed by atoms with van der Waals surface area (Å²) in [4.78, 5) is 28.6. The van der Waals surface area contributed by atoms with E-state index in [-0.39, 0.29) is 55.3 Å². The van der Waals surface area contributed by atoms with E-state index in [1.165, 1.54) is 12.0 Å². The molecule has 3 atom stereocenters. The van der Waals surface area contributed by atoms with Crippen molar-refractivity contribution in [2.24, 2.45) is 5.92 Å². The van der Waals surface area contributed by atoms with Crippen LogP contribution in [0.2, 0.25) is 0 Å². The van der Waals surface area contributed by atoms with Crippen molar-refractivity contribution >= 4 is 17.6 Å². The molecule has 11 heteroatoms. The summed E-state index contributed by atoms with van der Waals surface area (Å²) in [6.07, 6.45) is -4.78. The molecule has 1 aromatic carbocycles. The molecule has 0 unspecified atom stereocenters. The Labute approximate surface area is 205 Å². The number of hydrogen-bond acceptors (Lipinski definition) is 5. The molecular formula is C24H37F3N4O4. The number of methoxy groups -OCH3 is 1. The minimum absolute atomic E-state index is 0.0932. The van der Waals surface area contributed by atoms with Crippen molar-refractivity contribution in [3.8, 4) is 5.75 Å². The van der Waals surface area contributed by atoms with Gasteiger partial charge < -0.3 is 25.0 Å². The number of fused-ring (bicyclic) bond motifs is 1. The number of carbonyl (C=O) groups excluding carboxylic acids is 2. The number of halogens is 3. The van der Waals surface area contributed by atoms with E-state index >= 15 is 0 Å². The quantitative estimate of drug-likeness (QED) is 0.615. The van der Waals surface area contributed by atoms with Crippen LogP contribution in [-0.4, -0.2) is 87.0 Å². The molecule has 0 spiro atoms. The molecule has 3 amide bonds. The van der Waals surface area contributed by atoms with E-state index < -0.39 is 12.6 Å². The predicted octanol–water partition coefficient (Wildman–Crippen LogP) is 3.98. The van der Waals surface area contributed by atoms with Crippen LogP contribution in [0.15, 0.2) is 18.2 Å². The molecule has 1 aliphatic rings. The van der Waals surface area contributed by atoms with Crippen LogP contribution < -0.4 is 15.4 Å². The molecule has 0 bridgehead atoms. The predicted molar refractivity (Wildman–Crippen MR) is 128 cm³/mol. The molecule has 1 heterocycles. The van der Waals surface area contributed by atoms with E-state index in [0.29, 0.717) is 24.5 Å². The molecule has 1 aliphatic heterocycles. The molecule has 0 aromatic heterocycles. The van der Waals surface area contributed by atoms with Crippen LogP contribution in [0.3, 0.4) is 0 Å². The summed E-state index contributed by atoms with van der Waals surface area (Å²) in [5, 5.41) is 5.42. The highest BCUT2D eigenvalue weighted by Crippen LogP contribution is 2.27. The highest BCUT2D eigenvalue weighted by Gasteiger charge is 2.32. The van der Waals surface area contributed by atoms with Gasteiger partial charge in [0.05, 0.1) is 18.1 Å². The topological polar surface area (TPSA) is 83.1 Å². The van der Waals surface area contributed by atoms with Crippen molar-refractivity contribution in [2.75, 3.05) is 52.3 Å². The second kappa shape index (κ2) is 13.0. The SMILES string of the molecule is CCCNC(=O)Nc1ccc2c(c1)C(=O)N(C)C[C@H](OC)[C@H](C)CN(CCC(F)(F)F)[C@H](C)CO2. The van der Waals surface area contributed by atoms with Crippen LogP contribution in [-0.2, 0) is 4.74 Å². The minimum atomic E-state index is -4.26. The molecule has 8 nitrogen and oxygen atoms in total. The van der Waals surface area contributed by atoms with Gasteiger partial charge in [0.2, 0.25) is 0 Å². The van der Waals surface area contributed by atoms with Gasteiger partial charge in [-0.2, -0.15) is 13.2 Å². The number of alkyl halides is 3. The average Bonchev–Trinajstić information content (AvgIpc) is 2.80. The molecule has 35 heavy (non-hydrogen) atoms. The van der Waals surface area contributed by atoms with Crippen LogP contribution in [0, 0.1) is 5.92 Å². The van der Waals surface area contributed by atoms with Gasteiger partial charge in [-0.3, -0.25) is 9.69 Å². The molecule has 2 rings (SSSR count). The van der Waals surface area contributed by atoms with Gasteiger partial charge in [-0.1, -0.05) is 13.8 Å². The first-order chi connectivity index (χ1) is 16.4. The fourth-order valence-electron chi connectivity index (χ4n) is 3.93. The molecule has 2 N–H and O–H groups in total. The highest BCUT2D eigenvalue weighted by atomic mass is 19.4. The molecule has 0 saturated carbocycles. The number of benzene rings is 1. The Morgan fingerprint density at radius 3 is 2.60 bits per heavy atom. The number of carbonyl (C=O) groups is 2.